The zero-order valence-corrected chi connectivity index (χ0v) is 31.6. The summed E-state index contributed by atoms with van der Waals surface area (Å²) in [5, 5.41) is 20.7. The Labute approximate surface area is 324 Å². The second kappa shape index (κ2) is 18.1. The van der Waals surface area contributed by atoms with Crippen LogP contribution in [0.3, 0.4) is 0 Å². The van der Waals surface area contributed by atoms with E-state index in [-0.39, 0.29) is 11.7 Å². The molecule has 0 radical (unpaired) electrons. The molecule has 2 aliphatic rings. The first-order chi connectivity index (χ1) is 24.5. The van der Waals surface area contributed by atoms with Gasteiger partial charge in [-0.05, 0) is 56.3 Å². The van der Waals surface area contributed by atoms with Crippen molar-refractivity contribution in [2.24, 2.45) is 0 Å². The number of amides is 1. The normalized spacial score (nSPS) is 14.2. The van der Waals surface area contributed by atoms with E-state index < -0.39 is 40.5 Å². The van der Waals surface area contributed by atoms with Gasteiger partial charge in [0.25, 0.3) is 0 Å². The number of alkyl carbamates (subject to hydrolysis) is 1. The van der Waals surface area contributed by atoms with E-state index in [1.54, 1.807) is 11.8 Å². The van der Waals surface area contributed by atoms with Gasteiger partial charge in [0.15, 0.2) is 0 Å². The number of ether oxygens (including phenoxy) is 1. The zero-order valence-electron chi connectivity index (χ0n) is 26.9. The van der Waals surface area contributed by atoms with Crippen LogP contribution >= 0.6 is 70.1 Å². The smallest absolute Gasteiger partial charge is 0.408 e. The molecule has 1 amide bonds. The summed E-state index contributed by atoms with van der Waals surface area (Å²) in [6, 6.07) is 31.4. The Morgan fingerprint density at radius 3 is 1.33 bits per heavy atom. The highest BCUT2D eigenvalue weighted by Crippen LogP contribution is 2.47. The first-order valence-corrected chi connectivity index (χ1v) is 19.6. The first kappa shape index (κ1) is 39.1. The summed E-state index contributed by atoms with van der Waals surface area (Å²) in [5.74, 6) is 0.545. The molecule has 2 atom stereocenters. The lowest BCUT2D eigenvalue weighted by Gasteiger charge is -2.18. The second-order valence-electron chi connectivity index (χ2n) is 11.8. The number of thioether (sulfide) groups is 2. The molecule has 0 unspecified atom stereocenters. The fourth-order valence-corrected chi connectivity index (χ4v) is 8.95. The van der Waals surface area contributed by atoms with E-state index >= 15 is 0 Å². The maximum absolute atomic E-state index is 11.8. The summed E-state index contributed by atoms with van der Waals surface area (Å²) in [4.78, 5) is 36.6. The van der Waals surface area contributed by atoms with E-state index in [1.165, 1.54) is 56.3 Å². The van der Waals surface area contributed by atoms with Gasteiger partial charge in [-0.3, -0.25) is 4.79 Å². The van der Waals surface area contributed by atoms with Crippen molar-refractivity contribution in [3.05, 3.63) is 119 Å². The highest BCUT2D eigenvalue weighted by molar-refractivity contribution is 7.99. The van der Waals surface area contributed by atoms with Crippen molar-refractivity contribution in [2.75, 3.05) is 29.6 Å². The maximum atomic E-state index is 11.8. The van der Waals surface area contributed by atoms with Gasteiger partial charge in [0.1, 0.15) is 18.7 Å². The van der Waals surface area contributed by atoms with E-state index in [0.717, 1.165) is 5.75 Å². The van der Waals surface area contributed by atoms with Crippen LogP contribution < -0.4 is 10.2 Å². The molecular formula is C37H34Cl4N2O6S2. The number of carboxylic acids is 2. The molecule has 0 heterocycles. The van der Waals surface area contributed by atoms with Crippen LogP contribution in [0.15, 0.2) is 97.1 Å². The van der Waals surface area contributed by atoms with Crippen LogP contribution in [0.4, 0.5) is 4.79 Å². The Balaban J connectivity index is 0.000000205. The van der Waals surface area contributed by atoms with Crippen LogP contribution in [-0.2, 0) is 14.3 Å². The van der Waals surface area contributed by atoms with Gasteiger partial charge in [0.2, 0.25) is 3.79 Å². The quantitative estimate of drug-likeness (QED) is 0.0775. The molecule has 6 rings (SSSR count). The zero-order chi connectivity index (χ0) is 36.5. The molecule has 4 aromatic rings. The van der Waals surface area contributed by atoms with Gasteiger partial charge in [-0.25, -0.2) is 14.4 Å². The second-order valence-corrected chi connectivity index (χ2v) is 16.6. The molecule has 14 heteroatoms. The monoisotopic (exact) mass is 806 g/mol. The molecule has 0 spiro atoms. The van der Waals surface area contributed by atoms with Gasteiger partial charge in [-0.15, -0.1) is 0 Å². The molecule has 8 nitrogen and oxygen atoms in total. The number of hydrogen-bond acceptors (Lipinski definition) is 7. The van der Waals surface area contributed by atoms with E-state index in [2.05, 4.69) is 82.9 Å². The fourth-order valence-electron chi connectivity index (χ4n) is 6.14. The molecule has 4 N–H and O–H groups in total. The van der Waals surface area contributed by atoms with Crippen molar-refractivity contribution in [1.82, 2.24) is 10.2 Å². The molecule has 0 fully saturated rings. The van der Waals surface area contributed by atoms with Gasteiger partial charge in [0, 0.05) is 34.8 Å². The van der Waals surface area contributed by atoms with Crippen molar-refractivity contribution < 1.29 is 29.3 Å². The number of carbonyl (C=O) groups excluding carboxylic acids is 1. The number of alkyl halides is 3. The SMILES string of the molecule is O=C(N[C@H](CSCC1c2ccccc2-c2ccccc21)C(=O)O)OCC(Cl)(Cl)Cl.O=C(O)[C@@H](CSCC1c2ccccc2-c2ccccc21)NCl. The van der Waals surface area contributed by atoms with Gasteiger partial charge in [-0.2, -0.15) is 23.5 Å². The highest BCUT2D eigenvalue weighted by Gasteiger charge is 2.31. The Hall–Kier alpha value is -3.09. The highest BCUT2D eigenvalue weighted by atomic mass is 35.6. The Kier molecular flexibility index (Phi) is 13.9. The number of nitrogens with one attached hydrogen (secondary N) is 2. The van der Waals surface area contributed by atoms with Crippen molar-refractivity contribution in [3.63, 3.8) is 0 Å². The third kappa shape index (κ3) is 10.1. The number of fused-ring (bicyclic) bond motifs is 6. The Bertz CT molecular complexity index is 1770. The maximum Gasteiger partial charge on any atom is 0.408 e. The predicted molar refractivity (Wildman–Crippen MR) is 209 cm³/mol. The number of benzene rings is 4. The lowest BCUT2D eigenvalue weighted by molar-refractivity contribution is -0.139. The fraction of sp³-hybridized carbons (Fsp3) is 0.270. The molecule has 0 bridgehead atoms. The minimum absolute atomic E-state index is 0.165. The van der Waals surface area contributed by atoms with E-state index in [1.807, 2.05) is 24.3 Å². The molecular weight excluding hydrogens is 774 g/mol. The summed E-state index contributed by atoms with van der Waals surface area (Å²) >= 11 is 25.1. The van der Waals surface area contributed by atoms with Gasteiger partial charge in [0.05, 0.1) is 0 Å². The number of halogens is 4. The molecule has 0 aliphatic heterocycles. The molecule has 0 aromatic heterocycles. The van der Waals surface area contributed by atoms with Crippen LogP contribution in [0.5, 0.6) is 0 Å². The molecule has 0 saturated carbocycles. The number of hydrogen-bond donors (Lipinski definition) is 4. The number of rotatable bonds is 13. The van der Waals surface area contributed by atoms with Crippen LogP contribution in [0.25, 0.3) is 22.3 Å². The minimum atomic E-state index is -1.76. The van der Waals surface area contributed by atoms with Crippen molar-refractivity contribution in [2.45, 2.75) is 27.7 Å². The molecule has 2 aliphatic carbocycles. The summed E-state index contributed by atoms with van der Waals surface area (Å²) in [6.07, 6.45) is -0.944. The van der Waals surface area contributed by atoms with Crippen LogP contribution in [-0.4, -0.2) is 73.7 Å². The Morgan fingerprint density at radius 2 is 1.00 bits per heavy atom. The van der Waals surface area contributed by atoms with Crippen LogP contribution in [0, 0.1) is 0 Å². The average molecular weight is 809 g/mol. The molecule has 0 saturated heterocycles. The van der Waals surface area contributed by atoms with Gasteiger partial charge >= 0.3 is 18.0 Å². The van der Waals surface area contributed by atoms with E-state index in [0.29, 0.717) is 17.4 Å². The van der Waals surface area contributed by atoms with E-state index in [4.69, 9.17) is 56.4 Å². The van der Waals surface area contributed by atoms with Crippen LogP contribution in [0.1, 0.15) is 34.1 Å². The minimum Gasteiger partial charge on any atom is -0.480 e. The third-order valence-electron chi connectivity index (χ3n) is 8.45. The number of aliphatic carboxylic acids is 2. The number of carbonyl (C=O) groups is 3. The van der Waals surface area contributed by atoms with Gasteiger partial charge < -0.3 is 20.3 Å². The summed E-state index contributed by atoms with van der Waals surface area (Å²) in [5.41, 5.74) is 10.1. The van der Waals surface area contributed by atoms with Gasteiger partial charge in [-0.1, -0.05) is 132 Å². The first-order valence-electron chi connectivity index (χ1n) is 15.8. The van der Waals surface area contributed by atoms with Crippen LogP contribution in [0.2, 0.25) is 0 Å². The topological polar surface area (TPSA) is 125 Å². The molecule has 4 aromatic carbocycles. The van der Waals surface area contributed by atoms with E-state index in [9.17, 15) is 19.5 Å². The Morgan fingerprint density at radius 1 is 0.647 bits per heavy atom. The number of carboxylic acid groups (broad SMARTS) is 2. The van der Waals surface area contributed by atoms with Crippen molar-refractivity contribution >= 4 is 88.1 Å². The standard InChI is InChI=1S/C20H18Cl3NO4S.C17H16ClNO2S/c21-20(22,23)11-28-19(27)24-17(18(25)26)10-29-9-16-14-7-3-1-5-12(14)13-6-2-4-8-15(13)16;18-19-16(17(20)21)10-22-9-15-13-7-3-1-5-11(13)12-6-2-4-8-14(12)15/h1-8,16-17H,9-11H2,(H,24,27)(H,25,26);1-8,15-16,19H,9-10H2,(H,20,21)/t17-;16-/m11/s1. The van der Waals surface area contributed by atoms with Crippen molar-refractivity contribution in [3.8, 4) is 22.3 Å². The average Bonchev–Trinajstić information content (AvgIpc) is 3.61. The van der Waals surface area contributed by atoms with Crippen molar-refractivity contribution in [1.29, 1.82) is 0 Å². The summed E-state index contributed by atoms with van der Waals surface area (Å²) < 4.78 is 2.99. The predicted octanol–water partition coefficient (Wildman–Crippen LogP) is 8.81. The molecule has 51 heavy (non-hydrogen) atoms. The largest absolute Gasteiger partial charge is 0.480 e. The summed E-state index contributed by atoms with van der Waals surface area (Å²) in [7, 11) is 0. The lowest BCUT2D eigenvalue weighted by atomic mass is 9.99. The summed E-state index contributed by atoms with van der Waals surface area (Å²) in [6.45, 7) is -0.474. The lowest BCUT2D eigenvalue weighted by Crippen LogP contribution is -2.43. The molecule has 268 valence electrons. The third-order valence-corrected chi connectivity index (χ3v) is 11.3.